The molecule has 0 amide bonds. The lowest BCUT2D eigenvalue weighted by Gasteiger charge is -2.46. The van der Waals surface area contributed by atoms with Gasteiger partial charge in [-0.1, -0.05) is 90.2 Å². The van der Waals surface area contributed by atoms with Crippen molar-refractivity contribution in [1.82, 2.24) is 0 Å². The van der Waals surface area contributed by atoms with E-state index in [1.165, 1.54) is 5.56 Å². The van der Waals surface area contributed by atoms with Gasteiger partial charge in [-0.15, -0.1) is 0 Å². The first kappa shape index (κ1) is 55.5. The SMILES string of the molecule is Brc1scc[n+]1Cc1ccccc1.FC(F)(F)c1cc([B-](c2cc(C(F)(F)F)cc(C(F)(F)F)c2)(c2cc(C(F)(F)F)cc(C(F)(F)F)c2)c2cc(C(F)(F)F)cc(C(F)(F)F)c2)cc(C(F)(F)F)c1. The van der Waals surface area contributed by atoms with Gasteiger partial charge in [0.25, 0.3) is 0 Å². The van der Waals surface area contributed by atoms with Crippen molar-refractivity contribution in [2.45, 2.75) is 56.0 Å². The molecular weight excluding hydrogens is 1100 g/mol. The number of aromatic nitrogens is 1. The number of halogens is 25. The van der Waals surface area contributed by atoms with Gasteiger partial charge in [0.2, 0.25) is 0 Å². The summed E-state index contributed by atoms with van der Waals surface area (Å²) in [5, 5.41) is 2.08. The molecule has 1 heterocycles. The summed E-state index contributed by atoms with van der Waals surface area (Å²) in [5.41, 5.74) is -28.9. The molecule has 0 aliphatic rings. The second kappa shape index (κ2) is 19.0. The fourth-order valence-electron chi connectivity index (χ4n) is 7.25. The van der Waals surface area contributed by atoms with Crippen LogP contribution >= 0.6 is 27.3 Å². The third-order valence-corrected chi connectivity index (χ3v) is 12.0. The van der Waals surface area contributed by atoms with Crippen LogP contribution in [0.25, 0.3) is 0 Å². The molecule has 0 spiro atoms. The van der Waals surface area contributed by atoms with Crippen molar-refractivity contribution in [2.75, 3.05) is 0 Å². The molecule has 0 aliphatic carbocycles. The van der Waals surface area contributed by atoms with Gasteiger partial charge in [0, 0.05) is 21.5 Å². The standard InChI is InChI=1S/C32H12BF24.C10H9BrNS/c34-25(35,36)13-1-14(26(37,38)39)6-21(5-13)33(22-7-15(27(40,41)42)2-16(8-22)28(43,44)45,23-9-17(29(46,47)48)3-18(10-23)30(49,50)51)24-11-19(31(52,53)54)4-20(12-24)32(55,56)57;11-10-12(6-7-13-10)8-9-4-2-1-3-5-9/h1-12H;1-7H,8H2/q-1;+1. The highest BCUT2D eigenvalue weighted by Crippen LogP contribution is 2.41. The molecular formula is C42H21BBrF24NS. The van der Waals surface area contributed by atoms with E-state index in [1.807, 2.05) is 6.07 Å². The Bertz CT molecular complexity index is 2370. The van der Waals surface area contributed by atoms with Crippen molar-refractivity contribution < 1.29 is 110 Å². The smallest absolute Gasteiger partial charge is 0.194 e. The van der Waals surface area contributed by atoms with Crippen LogP contribution in [0.2, 0.25) is 0 Å². The maximum atomic E-state index is 14.2. The second-order valence-corrected chi connectivity index (χ2v) is 17.2. The fourth-order valence-corrected chi connectivity index (χ4v) is 8.40. The molecule has 6 rings (SSSR count). The molecule has 0 aliphatic heterocycles. The molecule has 70 heavy (non-hydrogen) atoms. The minimum Gasteiger partial charge on any atom is -0.194 e. The molecule has 5 aromatic carbocycles. The van der Waals surface area contributed by atoms with Gasteiger partial charge in [-0.25, -0.2) is 0 Å². The van der Waals surface area contributed by atoms with Crippen molar-refractivity contribution >= 4 is 55.3 Å². The van der Waals surface area contributed by atoms with Crippen LogP contribution in [0.3, 0.4) is 0 Å². The second-order valence-electron chi connectivity index (χ2n) is 15.0. The Morgan fingerprint density at radius 1 is 0.357 bits per heavy atom. The van der Waals surface area contributed by atoms with E-state index >= 15 is 0 Å². The Hall–Kier alpha value is -5.41. The van der Waals surface area contributed by atoms with E-state index in [9.17, 15) is 105 Å². The first-order valence-corrected chi connectivity index (χ1v) is 20.3. The van der Waals surface area contributed by atoms with Crippen LogP contribution in [0.4, 0.5) is 105 Å². The van der Waals surface area contributed by atoms with Crippen molar-refractivity contribution in [3.63, 3.8) is 0 Å². The number of nitrogens with zero attached hydrogens (tertiary/aromatic N) is 1. The Balaban J connectivity index is 0.000000600. The van der Waals surface area contributed by atoms with Crippen LogP contribution < -0.4 is 26.4 Å². The average molecular weight is 1120 g/mol. The zero-order valence-corrected chi connectivity index (χ0v) is 36.0. The third-order valence-electron chi connectivity index (χ3n) is 10.3. The van der Waals surface area contributed by atoms with Gasteiger partial charge in [-0.05, 0) is 24.3 Å². The normalized spacial score (nSPS) is 13.6. The molecule has 28 heteroatoms. The van der Waals surface area contributed by atoms with E-state index in [0.717, 1.165) is 10.5 Å². The van der Waals surface area contributed by atoms with Crippen molar-refractivity contribution in [3.8, 4) is 0 Å². The van der Waals surface area contributed by atoms with Gasteiger partial charge >= 0.3 is 53.3 Å². The molecule has 0 fully saturated rings. The number of rotatable bonds is 6. The van der Waals surface area contributed by atoms with E-state index in [0.29, 0.717) is 0 Å². The number of hydrogen-bond acceptors (Lipinski definition) is 1. The van der Waals surface area contributed by atoms with E-state index in [1.54, 1.807) is 11.3 Å². The lowest BCUT2D eigenvalue weighted by molar-refractivity contribution is -0.693. The van der Waals surface area contributed by atoms with Crippen LogP contribution in [0.15, 0.2) is 119 Å². The van der Waals surface area contributed by atoms with Crippen LogP contribution in [0.5, 0.6) is 0 Å². The minimum atomic E-state index is -6.13. The van der Waals surface area contributed by atoms with E-state index in [4.69, 9.17) is 0 Å². The quantitative estimate of drug-likeness (QED) is 0.0889. The minimum absolute atomic E-state index is 0.691. The van der Waals surface area contributed by atoms with Gasteiger partial charge in [-0.3, -0.25) is 0 Å². The Labute approximate surface area is 389 Å². The molecule has 1 aromatic heterocycles. The first-order valence-electron chi connectivity index (χ1n) is 18.6. The number of hydrogen-bond donors (Lipinski definition) is 0. The molecule has 0 atom stereocenters. The molecule has 0 bridgehead atoms. The predicted molar refractivity (Wildman–Crippen MR) is 208 cm³/mol. The molecule has 0 saturated heterocycles. The molecule has 378 valence electrons. The van der Waals surface area contributed by atoms with Gasteiger partial charge in [-0.2, -0.15) is 132 Å². The molecule has 0 radical (unpaired) electrons. The maximum absolute atomic E-state index is 14.2. The zero-order valence-electron chi connectivity index (χ0n) is 33.6. The summed E-state index contributed by atoms with van der Waals surface area (Å²) in [5.74, 6) is 0. The highest BCUT2D eigenvalue weighted by molar-refractivity contribution is 9.11. The van der Waals surface area contributed by atoms with Crippen LogP contribution in [-0.2, 0) is 56.0 Å². The van der Waals surface area contributed by atoms with Gasteiger partial charge in [0.05, 0.1) is 49.9 Å². The lowest BCUT2D eigenvalue weighted by Crippen LogP contribution is -2.75. The summed E-state index contributed by atoms with van der Waals surface area (Å²) in [6.45, 7) is 0.935. The van der Waals surface area contributed by atoms with Gasteiger partial charge in [0.15, 0.2) is 12.7 Å². The van der Waals surface area contributed by atoms with E-state index < -0.39 is 195 Å². The largest absolute Gasteiger partial charge is 0.416 e. The summed E-state index contributed by atoms with van der Waals surface area (Å²) in [4.78, 5) is 0. The summed E-state index contributed by atoms with van der Waals surface area (Å²) in [6.07, 6.45) is -52.7. The molecule has 1 nitrogen and oxygen atoms in total. The summed E-state index contributed by atoms with van der Waals surface area (Å²) < 4.78 is 344. The Morgan fingerprint density at radius 2 is 0.586 bits per heavy atom. The Kier molecular flexibility index (Phi) is 15.0. The zero-order chi connectivity index (χ0) is 53.0. The topological polar surface area (TPSA) is 3.88 Å². The maximum Gasteiger partial charge on any atom is 0.416 e. The van der Waals surface area contributed by atoms with Gasteiger partial charge < -0.3 is 0 Å². The average Bonchev–Trinajstić information content (AvgIpc) is 3.62. The molecule has 6 aromatic rings. The molecule has 0 unspecified atom stereocenters. The number of thiazole rings is 1. The van der Waals surface area contributed by atoms with Crippen molar-refractivity contribution in [2.24, 2.45) is 0 Å². The number of benzene rings is 5. The Morgan fingerprint density at radius 3 is 0.771 bits per heavy atom. The third kappa shape index (κ3) is 12.7. The summed E-state index contributed by atoms with van der Waals surface area (Å²) in [6, 6.07) is 1.63. The number of alkyl halides is 24. The monoisotopic (exact) mass is 1120 g/mol. The fraction of sp³-hybridized carbons (Fsp3) is 0.214. The van der Waals surface area contributed by atoms with Crippen LogP contribution in [0, 0.1) is 0 Å². The first-order chi connectivity index (χ1) is 31.6. The summed E-state index contributed by atoms with van der Waals surface area (Å²) >= 11 is 5.21. The van der Waals surface area contributed by atoms with Crippen LogP contribution in [-0.4, -0.2) is 6.15 Å². The molecule has 0 N–H and O–H groups in total. The lowest BCUT2D eigenvalue weighted by atomic mass is 9.12. The van der Waals surface area contributed by atoms with Crippen molar-refractivity contribution in [3.05, 3.63) is 169 Å². The predicted octanol–water partition coefficient (Wildman–Crippen LogP) is 14.1. The van der Waals surface area contributed by atoms with Gasteiger partial charge in [0.1, 0.15) is 6.15 Å². The van der Waals surface area contributed by atoms with Crippen LogP contribution in [0.1, 0.15) is 50.1 Å². The molecule has 0 saturated carbocycles. The highest BCUT2D eigenvalue weighted by Gasteiger charge is 2.47. The van der Waals surface area contributed by atoms with E-state index in [-0.39, 0.29) is 0 Å². The highest BCUT2D eigenvalue weighted by atomic mass is 79.9. The van der Waals surface area contributed by atoms with E-state index in [2.05, 4.69) is 56.3 Å². The van der Waals surface area contributed by atoms with Crippen molar-refractivity contribution in [1.29, 1.82) is 0 Å². The summed E-state index contributed by atoms with van der Waals surface area (Å²) in [7, 11) is 0.